The van der Waals surface area contributed by atoms with Crippen LogP contribution in [-0.2, 0) is 0 Å². The van der Waals surface area contributed by atoms with Gasteiger partial charge in [-0.3, -0.25) is 10.1 Å². The number of hydrogen-bond acceptors (Lipinski definition) is 2. The SMILES string of the molecule is O=[N+]([O-])c1ccc([C@@H]2CC2(Br)Br)cc1. The third-order valence-corrected chi connectivity index (χ3v) is 4.09. The lowest BCUT2D eigenvalue weighted by Crippen LogP contribution is -1.90. The quantitative estimate of drug-likeness (QED) is 0.475. The fraction of sp³-hybridized carbons (Fsp3) is 0.333. The summed E-state index contributed by atoms with van der Waals surface area (Å²) in [5.74, 6) is 0.420. The van der Waals surface area contributed by atoms with Gasteiger partial charge in [0.15, 0.2) is 0 Å². The molecule has 1 saturated carbocycles. The van der Waals surface area contributed by atoms with Crippen LogP contribution in [0.1, 0.15) is 17.9 Å². The summed E-state index contributed by atoms with van der Waals surface area (Å²) in [5.41, 5.74) is 1.27. The molecule has 3 nitrogen and oxygen atoms in total. The lowest BCUT2D eigenvalue weighted by molar-refractivity contribution is -0.384. The van der Waals surface area contributed by atoms with E-state index in [0.29, 0.717) is 5.92 Å². The highest BCUT2D eigenvalue weighted by Crippen LogP contribution is 2.62. The molecule has 1 aliphatic carbocycles. The van der Waals surface area contributed by atoms with E-state index in [9.17, 15) is 10.1 Å². The van der Waals surface area contributed by atoms with Crippen molar-refractivity contribution in [2.45, 2.75) is 15.6 Å². The highest BCUT2D eigenvalue weighted by Gasteiger charge is 2.51. The van der Waals surface area contributed by atoms with E-state index >= 15 is 0 Å². The van der Waals surface area contributed by atoms with Crippen LogP contribution in [0.2, 0.25) is 0 Å². The number of nitro benzene ring substituents is 1. The largest absolute Gasteiger partial charge is 0.269 e. The Morgan fingerprint density at radius 1 is 1.36 bits per heavy atom. The van der Waals surface area contributed by atoms with Crippen LogP contribution in [0.4, 0.5) is 5.69 Å². The van der Waals surface area contributed by atoms with Crippen LogP contribution in [0, 0.1) is 10.1 Å². The molecule has 0 spiro atoms. The summed E-state index contributed by atoms with van der Waals surface area (Å²) in [5, 5.41) is 10.4. The summed E-state index contributed by atoms with van der Waals surface area (Å²) >= 11 is 7.04. The van der Waals surface area contributed by atoms with Gasteiger partial charge in [0, 0.05) is 18.1 Å². The normalized spacial score (nSPS) is 23.1. The zero-order valence-electron chi connectivity index (χ0n) is 7.11. The zero-order chi connectivity index (χ0) is 10.3. The lowest BCUT2D eigenvalue weighted by atomic mass is 10.1. The van der Waals surface area contributed by atoms with Gasteiger partial charge in [-0.25, -0.2) is 0 Å². The van der Waals surface area contributed by atoms with E-state index in [-0.39, 0.29) is 13.8 Å². The molecule has 0 bridgehead atoms. The van der Waals surface area contributed by atoms with Gasteiger partial charge in [-0.15, -0.1) is 0 Å². The van der Waals surface area contributed by atoms with Crippen molar-refractivity contribution in [3.05, 3.63) is 39.9 Å². The summed E-state index contributed by atoms with van der Waals surface area (Å²) in [6, 6.07) is 6.72. The predicted octanol–water partition coefficient (Wildman–Crippen LogP) is 3.57. The minimum absolute atomic E-state index is 0.0101. The number of rotatable bonds is 2. The fourth-order valence-electron chi connectivity index (χ4n) is 1.40. The topological polar surface area (TPSA) is 43.1 Å². The van der Waals surface area contributed by atoms with E-state index in [1.54, 1.807) is 12.1 Å². The number of nitro groups is 1. The molecule has 1 fully saturated rings. The van der Waals surface area contributed by atoms with Gasteiger partial charge in [0.1, 0.15) is 0 Å². The molecule has 0 aromatic heterocycles. The molecule has 0 heterocycles. The summed E-state index contributed by atoms with van der Waals surface area (Å²) in [6.07, 6.45) is 1.02. The minimum atomic E-state index is -0.383. The Labute approximate surface area is 97.9 Å². The van der Waals surface area contributed by atoms with Crippen LogP contribution in [0.5, 0.6) is 0 Å². The van der Waals surface area contributed by atoms with Gasteiger partial charge in [0.25, 0.3) is 5.69 Å². The molecule has 2 rings (SSSR count). The Bertz CT molecular complexity index is 375. The molecule has 0 N–H and O–H groups in total. The molecule has 74 valence electrons. The first-order valence-electron chi connectivity index (χ1n) is 4.13. The molecule has 14 heavy (non-hydrogen) atoms. The van der Waals surface area contributed by atoms with E-state index in [1.807, 2.05) is 12.1 Å². The van der Waals surface area contributed by atoms with Crippen LogP contribution >= 0.6 is 31.9 Å². The molecule has 0 saturated heterocycles. The lowest BCUT2D eigenvalue weighted by Gasteiger charge is -2.00. The monoisotopic (exact) mass is 319 g/mol. The summed E-state index contributed by atoms with van der Waals surface area (Å²) in [4.78, 5) is 10.0. The fourth-order valence-corrected chi connectivity index (χ4v) is 2.58. The van der Waals surface area contributed by atoms with Gasteiger partial charge in [-0.05, 0) is 12.0 Å². The molecule has 1 atom stereocenters. The minimum Gasteiger partial charge on any atom is -0.258 e. The molecule has 0 unspecified atom stereocenters. The Hall–Kier alpha value is -0.420. The molecular formula is C9H7Br2NO2. The maximum absolute atomic E-state index is 10.4. The Kier molecular flexibility index (Phi) is 2.39. The Morgan fingerprint density at radius 3 is 2.21 bits per heavy atom. The highest BCUT2D eigenvalue weighted by atomic mass is 79.9. The number of hydrogen-bond donors (Lipinski definition) is 0. The second kappa shape index (κ2) is 3.31. The van der Waals surface area contributed by atoms with Gasteiger partial charge >= 0.3 is 0 Å². The molecule has 1 aliphatic rings. The van der Waals surface area contributed by atoms with Crippen molar-refractivity contribution in [2.24, 2.45) is 0 Å². The molecule has 0 amide bonds. The van der Waals surface area contributed by atoms with Gasteiger partial charge in [-0.1, -0.05) is 44.0 Å². The van der Waals surface area contributed by atoms with Gasteiger partial charge in [0.2, 0.25) is 0 Å². The standard InChI is InChI=1S/C9H7Br2NO2/c10-9(11)5-8(9)6-1-3-7(4-2-6)12(13)14/h1-4,8H,5H2/t8-/m0/s1. The molecule has 1 aromatic rings. The van der Waals surface area contributed by atoms with Crippen molar-refractivity contribution in [3.8, 4) is 0 Å². The zero-order valence-corrected chi connectivity index (χ0v) is 10.3. The summed E-state index contributed by atoms with van der Waals surface area (Å²) in [7, 11) is 0. The van der Waals surface area contributed by atoms with Crippen molar-refractivity contribution in [2.75, 3.05) is 0 Å². The third kappa shape index (κ3) is 1.83. The van der Waals surface area contributed by atoms with E-state index in [0.717, 1.165) is 12.0 Å². The molecule has 1 aromatic carbocycles. The summed E-state index contributed by atoms with van der Waals surface area (Å²) < 4.78 is 0.0101. The van der Waals surface area contributed by atoms with Crippen LogP contribution in [-0.4, -0.2) is 8.16 Å². The Morgan fingerprint density at radius 2 is 1.86 bits per heavy atom. The first kappa shape index (κ1) is 10.1. The van der Waals surface area contributed by atoms with Crippen molar-refractivity contribution >= 4 is 37.5 Å². The average Bonchev–Trinajstić information content (AvgIpc) is 2.75. The average molecular weight is 321 g/mol. The van der Waals surface area contributed by atoms with Crippen LogP contribution in [0.25, 0.3) is 0 Å². The second-order valence-corrected chi connectivity index (χ2v) is 7.26. The van der Waals surface area contributed by atoms with Crippen molar-refractivity contribution < 1.29 is 4.92 Å². The van der Waals surface area contributed by atoms with Crippen LogP contribution in [0.15, 0.2) is 24.3 Å². The highest BCUT2D eigenvalue weighted by molar-refractivity contribution is 9.25. The van der Waals surface area contributed by atoms with E-state index in [4.69, 9.17) is 0 Å². The first-order valence-corrected chi connectivity index (χ1v) is 5.71. The van der Waals surface area contributed by atoms with Crippen LogP contribution < -0.4 is 0 Å². The molecule has 5 heteroatoms. The number of halogens is 2. The van der Waals surface area contributed by atoms with Gasteiger partial charge < -0.3 is 0 Å². The molecule has 0 radical (unpaired) electrons. The first-order chi connectivity index (χ1) is 6.50. The number of benzene rings is 1. The number of alkyl halides is 2. The second-order valence-electron chi connectivity index (χ2n) is 3.37. The van der Waals surface area contributed by atoms with Crippen molar-refractivity contribution in [1.82, 2.24) is 0 Å². The van der Waals surface area contributed by atoms with E-state index in [2.05, 4.69) is 31.9 Å². The molecule has 0 aliphatic heterocycles. The predicted molar refractivity (Wildman–Crippen MR) is 61.0 cm³/mol. The van der Waals surface area contributed by atoms with Crippen molar-refractivity contribution in [3.63, 3.8) is 0 Å². The van der Waals surface area contributed by atoms with E-state index < -0.39 is 0 Å². The third-order valence-electron chi connectivity index (χ3n) is 2.33. The number of nitrogens with zero attached hydrogens (tertiary/aromatic N) is 1. The smallest absolute Gasteiger partial charge is 0.258 e. The number of non-ortho nitro benzene ring substituents is 1. The maximum Gasteiger partial charge on any atom is 0.269 e. The molecular weight excluding hydrogens is 314 g/mol. The summed E-state index contributed by atoms with van der Waals surface area (Å²) in [6.45, 7) is 0. The van der Waals surface area contributed by atoms with E-state index in [1.165, 1.54) is 0 Å². The van der Waals surface area contributed by atoms with Gasteiger partial charge in [0.05, 0.1) is 8.16 Å². The van der Waals surface area contributed by atoms with Crippen molar-refractivity contribution in [1.29, 1.82) is 0 Å². The Balaban J connectivity index is 2.20. The van der Waals surface area contributed by atoms with Gasteiger partial charge in [-0.2, -0.15) is 0 Å². The van der Waals surface area contributed by atoms with Crippen LogP contribution in [0.3, 0.4) is 0 Å². The maximum atomic E-state index is 10.4.